The van der Waals surface area contributed by atoms with E-state index in [-0.39, 0.29) is 5.92 Å². The molecule has 6 heteroatoms. The number of aromatic nitrogens is 1. The Morgan fingerprint density at radius 3 is 2.61 bits per heavy atom. The Bertz CT molecular complexity index is 483. The fraction of sp³-hybridized carbons (Fsp3) is 0.647. The number of hydrogen-bond acceptors (Lipinski definition) is 4. The minimum atomic E-state index is 0.185. The first-order valence-electron chi connectivity index (χ1n) is 8.39. The van der Waals surface area contributed by atoms with Gasteiger partial charge in [0.1, 0.15) is 6.61 Å². The second kappa shape index (κ2) is 9.08. The Balaban J connectivity index is 1.68. The van der Waals surface area contributed by atoms with Crippen LogP contribution in [0.15, 0.2) is 18.3 Å². The normalized spacial score (nSPS) is 16.3. The Hall–Kier alpha value is -1.33. The standard InChI is InChI=1S/C17H26ClN3O2/c1-3-21(4-2)17(22)14-7-9-20(10-8-14)11-12-23-16-6-5-15(18)13-19-16/h5-6,13-14H,3-4,7-12H2,1-2H3. The molecule has 0 spiro atoms. The van der Waals surface area contributed by atoms with Gasteiger partial charge >= 0.3 is 0 Å². The molecule has 2 heterocycles. The molecule has 0 aromatic carbocycles. The Labute approximate surface area is 143 Å². The van der Waals surface area contributed by atoms with Gasteiger partial charge in [0.25, 0.3) is 0 Å². The lowest BCUT2D eigenvalue weighted by Crippen LogP contribution is -2.43. The van der Waals surface area contributed by atoms with Crippen molar-refractivity contribution >= 4 is 17.5 Å². The second-order valence-electron chi connectivity index (χ2n) is 5.79. The van der Waals surface area contributed by atoms with Crippen LogP contribution in [0.4, 0.5) is 0 Å². The molecule has 1 saturated heterocycles. The van der Waals surface area contributed by atoms with Crippen LogP contribution in [0.5, 0.6) is 5.88 Å². The van der Waals surface area contributed by atoms with Crippen LogP contribution in [0.2, 0.25) is 5.02 Å². The molecule has 5 nitrogen and oxygen atoms in total. The number of hydrogen-bond donors (Lipinski definition) is 0. The molecule has 0 atom stereocenters. The molecule has 0 unspecified atom stereocenters. The minimum Gasteiger partial charge on any atom is -0.476 e. The van der Waals surface area contributed by atoms with Gasteiger partial charge in [-0.25, -0.2) is 4.98 Å². The summed E-state index contributed by atoms with van der Waals surface area (Å²) in [5.74, 6) is 1.10. The molecule has 1 aromatic rings. The van der Waals surface area contributed by atoms with Gasteiger partial charge in [-0.1, -0.05) is 11.6 Å². The molecule has 1 aromatic heterocycles. The topological polar surface area (TPSA) is 45.7 Å². The van der Waals surface area contributed by atoms with E-state index >= 15 is 0 Å². The van der Waals surface area contributed by atoms with E-state index in [2.05, 4.69) is 9.88 Å². The van der Waals surface area contributed by atoms with E-state index in [1.165, 1.54) is 0 Å². The summed E-state index contributed by atoms with van der Waals surface area (Å²) in [5.41, 5.74) is 0. The molecular formula is C17H26ClN3O2. The Morgan fingerprint density at radius 1 is 1.35 bits per heavy atom. The Kier molecular flexibility index (Phi) is 7.12. The van der Waals surface area contributed by atoms with Crippen molar-refractivity contribution in [3.63, 3.8) is 0 Å². The molecule has 0 N–H and O–H groups in total. The summed E-state index contributed by atoms with van der Waals surface area (Å²) < 4.78 is 5.62. The number of pyridine rings is 1. The zero-order chi connectivity index (χ0) is 16.7. The molecule has 23 heavy (non-hydrogen) atoms. The number of nitrogens with zero attached hydrogens (tertiary/aromatic N) is 3. The van der Waals surface area contributed by atoms with Crippen LogP contribution >= 0.6 is 11.6 Å². The van der Waals surface area contributed by atoms with Crippen molar-refractivity contribution in [1.82, 2.24) is 14.8 Å². The highest BCUT2D eigenvalue weighted by atomic mass is 35.5. The maximum Gasteiger partial charge on any atom is 0.225 e. The van der Waals surface area contributed by atoms with Gasteiger partial charge in [-0.3, -0.25) is 9.69 Å². The number of amides is 1. The second-order valence-corrected chi connectivity index (χ2v) is 6.23. The van der Waals surface area contributed by atoms with Crippen molar-refractivity contribution < 1.29 is 9.53 Å². The fourth-order valence-electron chi connectivity index (χ4n) is 2.92. The van der Waals surface area contributed by atoms with Crippen LogP contribution in [0.25, 0.3) is 0 Å². The smallest absolute Gasteiger partial charge is 0.225 e. The van der Waals surface area contributed by atoms with Gasteiger partial charge in [0, 0.05) is 37.8 Å². The molecule has 0 radical (unpaired) electrons. The van der Waals surface area contributed by atoms with Crippen molar-refractivity contribution in [2.75, 3.05) is 39.3 Å². The molecule has 2 rings (SSSR count). The van der Waals surface area contributed by atoms with Crippen LogP contribution in [-0.4, -0.2) is 60.0 Å². The molecule has 0 aliphatic carbocycles. The summed E-state index contributed by atoms with van der Waals surface area (Å²) in [7, 11) is 0. The summed E-state index contributed by atoms with van der Waals surface area (Å²) in [6, 6.07) is 3.55. The van der Waals surface area contributed by atoms with Crippen molar-refractivity contribution in [3.05, 3.63) is 23.4 Å². The number of likely N-dealkylation sites (tertiary alicyclic amines) is 1. The van der Waals surface area contributed by atoms with Crippen molar-refractivity contribution in [2.24, 2.45) is 5.92 Å². The summed E-state index contributed by atoms with van der Waals surface area (Å²) >= 11 is 5.79. The maximum absolute atomic E-state index is 12.4. The number of carbonyl (C=O) groups is 1. The predicted molar refractivity (Wildman–Crippen MR) is 91.8 cm³/mol. The molecule has 0 saturated carbocycles. The third kappa shape index (κ3) is 5.36. The van der Waals surface area contributed by atoms with Gasteiger partial charge in [0.15, 0.2) is 0 Å². The molecule has 128 valence electrons. The van der Waals surface area contributed by atoms with E-state index < -0.39 is 0 Å². The summed E-state index contributed by atoms with van der Waals surface area (Å²) in [6.07, 6.45) is 3.46. The third-order valence-electron chi connectivity index (χ3n) is 4.37. The van der Waals surface area contributed by atoms with E-state index in [1.54, 1.807) is 18.3 Å². The van der Waals surface area contributed by atoms with Crippen molar-refractivity contribution in [2.45, 2.75) is 26.7 Å². The van der Waals surface area contributed by atoms with Crippen LogP contribution in [-0.2, 0) is 4.79 Å². The van der Waals surface area contributed by atoms with Crippen LogP contribution in [0, 0.1) is 5.92 Å². The van der Waals surface area contributed by atoms with Gasteiger partial charge in [-0.05, 0) is 45.8 Å². The molecule has 1 aliphatic heterocycles. The first-order valence-corrected chi connectivity index (χ1v) is 8.77. The summed E-state index contributed by atoms with van der Waals surface area (Å²) in [5, 5.41) is 0.609. The van der Waals surface area contributed by atoms with Crippen molar-refractivity contribution in [1.29, 1.82) is 0 Å². The van der Waals surface area contributed by atoms with Gasteiger partial charge in [0.05, 0.1) is 5.02 Å². The first-order chi connectivity index (χ1) is 11.1. The predicted octanol–water partition coefficient (Wildman–Crippen LogP) is 2.69. The number of piperidine rings is 1. The fourth-order valence-corrected chi connectivity index (χ4v) is 3.04. The van der Waals surface area contributed by atoms with Crippen LogP contribution in [0.3, 0.4) is 0 Å². The third-order valence-corrected chi connectivity index (χ3v) is 4.59. The largest absolute Gasteiger partial charge is 0.476 e. The monoisotopic (exact) mass is 339 g/mol. The zero-order valence-electron chi connectivity index (χ0n) is 14.0. The molecule has 1 fully saturated rings. The zero-order valence-corrected chi connectivity index (χ0v) is 14.8. The van der Waals surface area contributed by atoms with Gasteiger partial charge in [-0.15, -0.1) is 0 Å². The van der Waals surface area contributed by atoms with E-state index in [9.17, 15) is 4.79 Å². The lowest BCUT2D eigenvalue weighted by atomic mass is 9.95. The van der Waals surface area contributed by atoms with E-state index in [1.807, 2.05) is 18.7 Å². The van der Waals surface area contributed by atoms with Gasteiger partial charge in [0.2, 0.25) is 11.8 Å². The molecule has 1 aliphatic rings. The molecular weight excluding hydrogens is 314 g/mol. The summed E-state index contributed by atoms with van der Waals surface area (Å²) in [4.78, 5) is 20.8. The highest BCUT2D eigenvalue weighted by Crippen LogP contribution is 2.19. The van der Waals surface area contributed by atoms with E-state index in [4.69, 9.17) is 16.3 Å². The molecule has 0 bridgehead atoms. The van der Waals surface area contributed by atoms with E-state index in [0.29, 0.717) is 23.4 Å². The van der Waals surface area contributed by atoms with Crippen LogP contribution < -0.4 is 4.74 Å². The van der Waals surface area contributed by atoms with E-state index in [0.717, 1.165) is 45.6 Å². The average Bonchev–Trinajstić information content (AvgIpc) is 2.58. The number of rotatable bonds is 7. The number of halogens is 1. The van der Waals surface area contributed by atoms with Crippen LogP contribution in [0.1, 0.15) is 26.7 Å². The quantitative estimate of drug-likeness (QED) is 0.766. The minimum absolute atomic E-state index is 0.185. The Morgan fingerprint density at radius 2 is 2.04 bits per heavy atom. The first kappa shape index (κ1) is 18.0. The SMILES string of the molecule is CCN(CC)C(=O)C1CCN(CCOc2ccc(Cl)cn2)CC1. The average molecular weight is 340 g/mol. The number of carbonyl (C=O) groups excluding carboxylic acids is 1. The highest BCUT2D eigenvalue weighted by molar-refractivity contribution is 6.30. The molecule has 1 amide bonds. The lowest BCUT2D eigenvalue weighted by molar-refractivity contribution is -0.136. The lowest BCUT2D eigenvalue weighted by Gasteiger charge is -2.33. The van der Waals surface area contributed by atoms with Crippen molar-refractivity contribution in [3.8, 4) is 5.88 Å². The highest BCUT2D eigenvalue weighted by Gasteiger charge is 2.27. The van der Waals surface area contributed by atoms with Gasteiger partial charge < -0.3 is 9.64 Å². The van der Waals surface area contributed by atoms with Gasteiger partial charge in [-0.2, -0.15) is 0 Å². The maximum atomic E-state index is 12.4. The number of ether oxygens (including phenoxy) is 1. The summed E-state index contributed by atoms with van der Waals surface area (Å²) in [6.45, 7) is 9.05.